The predicted octanol–water partition coefficient (Wildman–Crippen LogP) is 2.91. The van der Waals surface area contributed by atoms with Gasteiger partial charge in [0.15, 0.2) is 5.96 Å². The van der Waals surface area contributed by atoms with E-state index in [1.54, 1.807) is 31.4 Å². The van der Waals surface area contributed by atoms with Crippen LogP contribution in [0, 0.1) is 0 Å². The van der Waals surface area contributed by atoms with Gasteiger partial charge in [0.1, 0.15) is 17.9 Å². The first-order valence-electron chi connectivity index (χ1n) is 7.26. The Labute approximate surface area is 142 Å². The molecule has 0 aliphatic carbocycles. The molecule has 1 heterocycles. The highest BCUT2D eigenvalue weighted by Gasteiger charge is 2.34. The van der Waals surface area contributed by atoms with Crippen molar-refractivity contribution in [1.29, 1.82) is 0 Å². The van der Waals surface area contributed by atoms with Gasteiger partial charge in [-0.1, -0.05) is 0 Å². The number of pyridine rings is 1. The van der Waals surface area contributed by atoms with Crippen LogP contribution in [0.15, 0.2) is 47.6 Å². The van der Waals surface area contributed by atoms with E-state index in [1.165, 1.54) is 12.3 Å². The zero-order valence-corrected chi connectivity index (χ0v) is 13.4. The van der Waals surface area contributed by atoms with E-state index in [0.717, 1.165) is 6.07 Å². The Morgan fingerprint density at radius 1 is 1.24 bits per heavy atom. The van der Waals surface area contributed by atoms with Crippen molar-refractivity contribution in [2.45, 2.75) is 6.18 Å². The maximum absolute atomic E-state index is 12.8. The van der Waals surface area contributed by atoms with Crippen LogP contribution >= 0.6 is 0 Å². The normalized spacial score (nSPS) is 11.9. The molecule has 0 saturated carbocycles. The van der Waals surface area contributed by atoms with Crippen molar-refractivity contribution in [2.75, 3.05) is 25.6 Å². The summed E-state index contributed by atoms with van der Waals surface area (Å²) in [6.45, 7) is -0.0199. The van der Waals surface area contributed by atoms with Gasteiger partial charge in [0.25, 0.3) is 0 Å². The fraction of sp³-hybridized carbons (Fsp3) is 0.250. The summed E-state index contributed by atoms with van der Waals surface area (Å²) in [5.41, 5.74) is 5.48. The summed E-state index contributed by atoms with van der Waals surface area (Å²) in [6.07, 6.45) is -3.30. The standard InChI is InChI=1S/C16H17F3N4O2/c1-24-12-6-4-11(5-7-12)23-15(20)22-9-10-25-14-13(16(17,18)19)3-2-8-21-14/h2-8H,9-10H2,1H3,(H3,20,22,23). The molecule has 2 aromatic rings. The molecular formula is C16H17F3N4O2. The van der Waals surface area contributed by atoms with Crippen LogP contribution in [0.25, 0.3) is 0 Å². The molecule has 25 heavy (non-hydrogen) atoms. The number of nitrogens with one attached hydrogen (secondary N) is 1. The summed E-state index contributed by atoms with van der Waals surface area (Å²) in [5, 5.41) is 2.85. The summed E-state index contributed by atoms with van der Waals surface area (Å²) in [6, 6.07) is 9.11. The fourth-order valence-electron chi connectivity index (χ4n) is 1.89. The number of nitrogens with zero attached hydrogens (tertiary/aromatic N) is 2. The average molecular weight is 354 g/mol. The van der Waals surface area contributed by atoms with Crippen LogP contribution in [0.2, 0.25) is 0 Å². The average Bonchev–Trinajstić information content (AvgIpc) is 2.59. The van der Waals surface area contributed by atoms with Crippen LogP contribution < -0.4 is 20.5 Å². The predicted molar refractivity (Wildman–Crippen MR) is 87.8 cm³/mol. The maximum atomic E-state index is 12.8. The third-order valence-corrected chi connectivity index (χ3v) is 3.05. The molecule has 0 radical (unpaired) electrons. The van der Waals surface area contributed by atoms with E-state index >= 15 is 0 Å². The van der Waals surface area contributed by atoms with Gasteiger partial charge in [-0.05, 0) is 36.4 Å². The second-order valence-corrected chi connectivity index (χ2v) is 4.82. The quantitative estimate of drug-likeness (QED) is 0.474. The topological polar surface area (TPSA) is 81.8 Å². The lowest BCUT2D eigenvalue weighted by molar-refractivity contribution is -0.139. The zero-order chi connectivity index (χ0) is 18.3. The number of aliphatic imine (C=N–C) groups is 1. The van der Waals surface area contributed by atoms with E-state index in [-0.39, 0.29) is 19.1 Å². The van der Waals surface area contributed by atoms with E-state index in [4.69, 9.17) is 15.2 Å². The van der Waals surface area contributed by atoms with Crippen LogP contribution in [0.3, 0.4) is 0 Å². The van der Waals surface area contributed by atoms with Gasteiger partial charge in [0.2, 0.25) is 5.88 Å². The number of alkyl halides is 3. The monoisotopic (exact) mass is 354 g/mol. The summed E-state index contributed by atoms with van der Waals surface area (Å²) in [4.78, 5) is 7.58. The van der Waals surface area contributed by atoms with Crippen LogP contribution in [0.1, 0.15) is 5.56 Å². The molecule has 0 atom stereocenters. The van der Waals surface area contributed by atoms with E-state index in [2.05, 4.69) is 15.3 Å². The van der Waals surface area contributed by atoms with Crippen molar-refractivity contribution in [3.05, 3.63) is 48.2 Å². The second-order valence-electron chi connectivity index (χ2n) is 4.82. The molecule has 2 rings (SSSR count). The third-order valence-electron chi connectivity index (χ3n) is 3.05. The van der Waals surface area contributed by atoms with Crippen LogP contribution in [0.5, 0.6) is 11.6 Å². The number of rotatable bonds is 6. The molecule has 1 aromatic carbocycles. The van der Waals surface area contributed by atoms with E-state index < -0.39 is 17.6 Å². The number of anilines is 1. The van der Waals surface area contributed by atoms with Gasteiger partial charge >= 0.3 is 6.18 Å². The molecular weight excluding hydrogens is 337 g/mol. The Morgan fingerprint density at radius 3 is 2.60 bits per heavy atom. The third kappa shape index (κ3) is 5.55. The van der Waals surface area contributed by atoms with Gasteiger partial charge in [-0.15, -0.1) is 0 Å². The number of hydrogen-bond acceptors (Lipinski definition) is 4. The number of hydrogen-bond donors (Lipinski definition) is 2. The molecule has 6 nitrogen and oxygen atoms in total. The highest BCUT2D eigenvalue weighted by Crippen LogP contribution is 2.34. The van der Waals surface area contributed by atoms with Gasteiger partial charge in [-0.2, -0.15) is 13.2 Å². The Balaban J connectivity index is 1.86. The fourth-order valence-corrected chi connectivity index (χ4v) is 1.89. The SMILES string of the molecule is COc1ccc(NC(N)=NCCOc2ncccc2C(F)(F)F)cc1. The molecule has 0 aliphatic heterocycles. The summed E-state index contributed by atoms with van der Waals surface area (Å²) < 4.78 is 48.5. The molecule has 9 heteroatoms. The number of guanidine groups is 1. The van der Waals surface area contributed by atoms with E-state index in [9.17, 15) is 13.2 Å². The summed E-state index contributed by atoms with van der Waals surface area (Å²) in [7, 11) is 1.56. The van der Waals surface area contributed by atoms with E-state index in [0.29, 0.717) is 11.4 Å². The Hall–Kier alpha value is -2.97. The first-order valence-corrected chi connectivity index (χ1v) is 7.26. The number of benzene rings is 1. The van der Waals surface area contributed by atoms with Gasteiger partial charge in [0.05, 0.1) is 13.7 Å². The van der Waals surface area contributed by atoms with Crippen molar-refractivity contribution in [3.63, 3.8) is 0 Å². The van der Waals surface area contributed by atoms with Crippen molar-refractivity contribution in [2.24, 2.45) is 10.7 Å². The van der Waals surface area contributed by atoms with Gasteiger partial charge in [-0.25, -0.2) is 9.98 Å². The molecule has 1 aromatic heterocycles. The molecule has 134 valence electrons. The minimum absolute atomic E-state index is 0.0723. The molecule has 3 N–H and O–H groups in total. The molecule has 0 spiro atoms. The first kappa shape index (κ1) is 18.4. The highest BCUT2D eigenvalue weighted by molar-refractivity contribution is 5.92. The minimum Gasteiger partial charge on any atom is -0.497 e. The Kier molecular flexibility index (Phi) is 6.04. The minimum atomic E-state index is -4.53. The van der Waals surface area contributed by atoms with Crippen LogP contribution in [-0.2, 0) is 6.18 Å². The lowest BCUT2D eigenvalue weighted by Gasteiger charge is -2.12. The second kappa shape index (κ2) is 8.22. The molecule has 0 fully saturated rings. The molecule has 0 saturated heterocycles. The number of aromatic nitrogens is 1. The van der Waals surface area contributed by atoms with Gasteiger partial charge in [-0.3, -0.25) is 0 Å². The van der Waals surface area contributed by atoms with Crippen LogP contribution in [-0.4, -0.2) is 31.2 Å². The lowest BCUT2D eigenvalue weighted by atomic mass is 10.2. The number of methoxy groups -OCH3 is 1. The largest absolute Gasteiger partial charge is 0.497 e. The van der Waals surface area contributed by atoms with Gasteiger partial charge < -0.3 is 20.5 Å². The highest BCUT2D eigenvalue weighted by atomic mass is 19.4. The molecule has 0 aliphatic rings. The number of halogens is 3. The molecule has 0 amide bonds. The Morgan fingerprint density at radius 2 is 1.96 bits per heavy atom. The summed E-state index contributed by atoms with van der Waals surface area (Å²) >= 11 is 0. The van der Waals surface area contributed by atoms with E-state index in [1.807, 2.05) is 0 Å². The molecule has 0 bridgehead atoms. The van der Waals surface area contributed by atoms with Gasteiger partial charge in [0, 0.05) is 11.9 Å². The van der Waals surface area contributed by atoms with Crippen LogP contribution in [0.4, 0.5) is 18.9 Å². The van der Waals surface area contributed by atoms with Crippen molar-refractivity contribution in [1.82, 2.24) is 4.98 Å². The molecule has 0 unspecified atom stereocenters. The Bertz CT molecular complexity index is 718. The number of ether oxygens (including phenoxy) is 2. The number of nitrogens with two attached hydrogens (primary N) is 1. The lowest BCUT2D eigenvalue weighted by Crippen LogP contribution is -2.23. The first-order chi connectivity index (χ1) is 11.9. The van der Waals surface area contributed by atoms with Crippen molar-refractivity contribution in [3.8, 4) is 11.6 Å². The summed E-state index contributed by atoms with van der Waals surface area (Å²) in [5.74, 6) is 0.336. The van der Waals surface area contributed by atoms with Crippen molar-refractivity contribution >= 4 is 11.6 Å². The smallest absolute Gasteiger partial charge is 0.421 e. The maximum Gasteiger partial charge on any atom is 0.421 e. The zero-order valence-electron chi connectivity index (χ0n) is 13.4. The van der Waals surface area contributed by atoms with Crippen molar-refractivity contribution < 1.29 is 22.6 Å².